The monoisotopic (exact) mass is 380 g/mol. The molecule has 3 rings (SSSR count). The Bertz CT molecular complexity index is 890. The van der Waals surface area contributed by atoms with Crippen molar-refractivity contribution in [3.63, 3.8) is 0 Å². The first kappa shape index (κ1) is 19.2. The molecule has 27 heavy (non-hydrogen) atoms. The van der Waals surface area contributed by atoms with Crippen LogP contribution in [0.1, 0.15) is 31.0 Å². The maximum Gasteiger partial charge on any atom is 0.230 e. The molecule has 1 atom stereocenters. The summed E-state index contributed by atoms with van der Waals surface area (Å²) in [6.07, 6.45) is 1.01. The minimum Gasteiger partial charge on any atom is -0.349 e. The lowest BCUT2D eigenvalue weighted by Crippen LogP contribution is -2.28. The van der Waals surface area contributed by atoms with E-state index in [1.54, 1.807) is 0 Å². The van der Waals surface area contributed by atoms with Crippen LogP contribution in [0.15, 0.2) is 59.8 Å². The first-order valence-corrected chi connectivity index (χ1v) is 10.0. The minimum atomic E-state index is -0.0246. The van der Waals surface area contributed by atoms with Gasteiger partial charge in [0, 0.05) is 12.6 Å². The predicted octanol–water partition coefficient (Wildman–Crippen LogP) is 4.01. The standard InChI is InChI=1S/C21H24N4OS/c1-4-16-10-12-17(13-11-16)15(2)22-19(26)14-27-21-24-23-20(25(21)3)18-8-6-5-7-9-18/h5-13,15H,4,14H2,1-3H3,(H,22,26)/t15-/m0/s1. The van der Waals surface area contributed by atoms with Crippen molar-refractivity contribution in [1.82, 2.24) is 20.1 Å². The van der Waals surface area contributed by atoms with Gasteiger partial charge in [0.25, 0.3) is 0 Å². The Hall–Kier alpha value is -2.60. The van der Waals surface area contributed by atoms with Gasteiger partial charge in [-0.2, -0.15) is 0 Å². The Morgan fingerprint density at radius 1 is 1.11 bits per heavy atom. The summed E-state index contributed by atoms with van der Waals surface area (Å²) >= 11 is 1.39. The average molecular weight is 381 g/mol. The highest BCUT2D eigenvalue weighted by molar-refractivity contribution is 7.99. The largest absolute Gasteiger partial charge is 0.349 e. The van der Waals surface area contributed by atoms with E-state index in [4.69, 9.17) is 0 Å². The summed E-state index contributed by atoms with van der Waals surface area (Å²) in [7, 11) is 1.92. The van der Waals surface area contributed by atoms with Crippen LogP contribution >= 0.6 is 11.8 Å². The van der Waals surface area contributed by atoms with Crippen molar-refractivity contribution in [2.75, 3.05) is 5.75 Å². The molecule has 0 bridgehead atoms. The van der Waals surface area contributed by atoms with E-state index >= 15 is 0 Å². The fourth-order valence-electron chi connectivity index (χ4n) is 2.82. The van der Waals surface area contributed by atoms with E-state index in [0.717, 1.165) is 28.5 Å². The molecule has 1 heterocycles. The Morgan fingerprint density at radius 3 is 2.48 bits per heavy atom. The first-order valence-electron chi connectivity index (χ1n) is 9.04. The van der Waals surface area contributed by atoms with Gasteiger partial charge in [0.2, 0.25) is 5.91 Å². The third-order valence-electron chi connectivity index (χ3n) is 4.46. The van der Waals surface area contributed by atoms with E-state index in [-0.39, 0.29) is 11.9 Å². The minimum absolute atomic E-state index is 0.0173. The van der Waals surface area contributed by atoms with Crippen LogP contribution in [-0.4, -0.2) is 26.4 Å². The van der Waals surface area contributed by atoms with Crippen LogP contribution in [0.4, 0.5) is 0 Å². The van der Waals surface area contributed by atoms with Gasteiger partial charge in [-0.25, -0.2) is 0 Å². The van der Waals surface area contributed by atoms with Crippen molar-refractivity contribution in [2.45, 2.75) is 31.5 Å². The van der Waals surface area contributed by atoms with Crippen LogP contribution in [0.3, 0.4) is 0 Å². The number of nitrogens with one attached hydrogen (secondary N) is 1. The van der Waals surface area contributed by atoms with Crippen LogP contribution in [0.5, 0.6) is 0 Å². The van der Waals surface area contributed by atoms with Gasteiger partial charge in [-0.1, -0.05) is 73.3 Å². The normalized spacial score (nSPS) is 12.0. The molecule has 5 nitrogen and oxygen atoms in total. The zero-order valence-electron chi connectivity index (χ0n) is 15.8. The van der Waals surface area contributed by atoms with Gasteiger partial charge in [-0.05, 0) is 24.5 Å². The molecule has 0 saturated carbocycles. The number of thioether (sulfide) groups is 1. The summed E-state index contributed by atoms with van der Waals surface area (Å²) in [5.41, 5.74) is 3.41. The van der Waals surface area contributed by atoms with Crippen LogP contribution in [0.25, 0.3) is 11.4 Å². The molecule has 0 radical (unpaired) electrons. The summed E-state index contributed by atoms with van der Waals surface area (Å²) in [4.78, 5) is 12.3. The summed E-state index contributed by atoms with van der Waals surface area (Å²) in [5, 5.41) is 12.2. The Labute approximate surface area is 164 Å². The van der Waals surface area contributed by atoms with Crippen molar-refractivity contribution in [2.24, 2.45) is 7.05 Å². The highest BCUT2D eigenvalue weighted by Crippen LogP contribution is 2.22. The summed E-state index contributed by atoms with van der Waals surface area (Å²) in [5.74, 6) is 1.08. The third-order valence-corrected chi connectivity index (χ3v) is 5.48. The van der Waals surface area contributed by atoms with Gasteiger partial charge in [0.1, 0.15) is 0 Å². The second-order valence-corrected chi connectivity index (χ2v) is 7.35. The van der Waals surface area contributed by atoms with Crippen molar-refractivity contribution in [3.8, 4) is 11.4 Å². The van der Waals surface area contributed by atoms with E-state index in [2.05, 4.69) is 46.7 Å². The molecule has 0 aliphatic rings. The van der Waals surface area contributed by atoms with E-state index in [1.807, 2.05) is 48.9 Å². The Morgan fingerprint density at radius 2 is 1.81 bits per heavy atom. The SMILES string of the molecule is CCc1ccc([C@H](C)NC(=O)CSc2nnc(-c3ccccc3)n2C)cc1. The number of aryl methyl sites for hydroxylation is 1. The molecule has 140 valence electrons. The molecule has 2 aromatic carbocycles. The second kappa shape index (κ2) is 8.86. The molecule has 0 saturated heterocycles. The van der Waals surface area contributed by atoms with Gasteiger partial charge in [-0.15, -0.1) is 10.2 Å². The van der Waals surface area contributed by atoms with E-state index in [9.17, 15) is 4.79 Å². The molecule has 1 amide bonds. The van der Waals surface area contributed by atoms with Crippen molar-refractivity contribution >= 4 is 17.7 Å². The fraction of sp³-hybridized carbons (Fsp3) is 0.286. The molecule has 3 aromatic rings. The number of hydrogen-bond acceptors (Lipinski definition) is 4. The highest BCUT2D eigenvalue weighted by atomic mass is 32.2. The topological polar surface area (TPSA) is 59.8 Å². The number of aromatic nitrogens is 3. The van der Waals surface area contributed by atoms with Crippen LogP contribution in [0, 0.1) is 0 Å². The third kappa shape index (κ3) is 4.77. The van der Waals surface area contributed by atoms with Gasteiger partial charge >= 0.3 is 0 Å². The number of nitrogens with zero attached hydrogens (tertiary/aromatic N) is 3. The summed E-state index contributed by atoms with van der Waals surface area (Å²) in [6.45, 7) is 4.13. The number of carbonyl (C=O) groups excluding carboxylic acids is 1. The average Bonchev–Trinajstić information content (AvgIpc) is 3.07. The molecule has 0 spiro atoms. The molecule has 0 aliphatic carbocycles. The van der Waals surface area contributed by atoms with Crippen LogP contribution in [0.2, 0.25) is 0 Å². The number of carbonyl (C=O) groups is 1. The zero-order chi connectivity index (χ0) is 19.2. The van der Waals surface area contributed by atoms with Crippen LogP contribution in [-0.2, 0) is 18.3 Å². The molecule has 0 fully saturated rings. The number of hydrogen-bond donors (Lipinski definition) is 1. The quantitative estimate of drug-likeness (QED) is 0.629. The van der Waals surface area contributed by atoms with Crippen molar-refractivity contribution in [1.29, 1.82) is 0 Å². The maximum absolute atomic E-state index is 12.3. The molecular weight excluding hydrogens is 356 g/mol. The van der Waals surface area contributed by atoms with Crippen molar-refractivity contribution < 1.29 is 4.79 Å². The molecule has 0 unspecified atom stereocenters. The number of rotatable bonds is 7. The first-order chi connectivity index (χ1) is 13.1. The lowest BCUT2D eigenvalue weighted by molar-refractivity contribution is -0.119. The summed E-state index contributed by atoms with van der Waals surface area (Å²) < 4.78 is 1.92. The highest BCUT2D eigenvalue weighted by Gasteiger charge is 2.14. The van der Waals surface area contributed by atoms with Gasteiger partial charge < -0.3 is 9.88 Å². The molecule has 1 aromatic heterocycles. The smallest absolute Gasteiger partial charge is 0.230 e. The lowest BCUT2D eigenvalue weighted by Gasteiger charge is -2.14. The Balaban J connectivity index is 1.57. The van der Waals surface area contributed by atoms with Gasteiger partial charge in [0.15, 0.2) is 11.0 Å². The molecule has 6 heteroatoms. The number of benzene rings is 2. The fourth-order valence-corrected chi connectivity index (χ4v) is 3.54. The zero-order valence-corrected chi connectivity index (χ0v) is 16.7. The van der Waals surface area contributed by atoms with E-state index in [0.29, 0.717) is 5.75 Å². The van der Waals surface area contributed by atoms with Crippen molar-refractivity contribution in [3.05, 3.63) is 65.7 Å². The van der Waals surface area contributed by atoms with Gasteiger partial charge in [-0.3, -0.25) is 4.79 Å². The maximum atomic E-state index is 12.3. The van der Waals surface area contributed by atoms with E-state index < -0.39 is 0 Å². The molecule has 0 aliphatic heterocycles. The second-order valence-electron chi connectivity index (χ2n) is 6.40. The van der Waals surface area contributed by atoms with E-state index in [1.165, 1.54) is 17.3 Å². The Kier molecular flexibility index (Phi) is 6.29. The van der Waals surface area contributed by atoms with Gasteiger partial charge in [0.05, 0.1) is 11.8 Å². The lowest BCUT2D eigenvalue weighted by atomic mass is 10.1. The van der Waals surface area contributed by atoms with Crippen LogP contribution < -0.4 is 5.32 Å². The molecular formula is C21H24N4OS. The predicted molar refractivity (Wildman–Crippen MR) is 110 cm³/mol. The number of amides is 1. The summed E-state index contributed by atoms with van der Waals surface area (Å²) in [6, 6.07) is 18.2. The molecule has 1 N–H and O–H groups in total.